The second kappa shape index (κ2) is 6.59. The lowest BCUT2D eigenvalue weighted by Crippen LogP contribution is -2.40. The SMILES string of the molecule is CN=C(NCCNc1ncnc2c1cnn2C)NCC1CC1. The van der Waals surface area contributed by atoms with Gasteiger partial charge in [-0.1, -0.05) is 0 Å². The number of aliphatic imine (C=N–C) groups is 1. The number of hydrogen-bond donors (Lipinski definition) is 3. The average Bonchev–Trinajstić information content (AvgIpc) is 3.29. The van der Waals surface area contributed by atoms with E-state index < -0.39 is 0 Å². The molecule has 8 nitrogen and oxygen atoms in total. The Balaban J connectivity index is 1.47. The predicted molar refractivity (Wildman–Crippen MR) is 86.9 cm³/mol. The third kappa shape index (κ3) is 3.44. The Labute approximate surface area is 129 Å². The smallest absolute Gasteiger partial charge is 0.191 e. The maximum Gasteiger partial charge on any atom is 0.191 e. The summed E-state index contributed by atoms with van der Waals surface area (Å²) in [5.41, 5.74) is 0.826. The van der Waals surface area contributed by atoms with Gasteiger partial charge in [-0.3, -0.25) is 9.67 Å². The van der Waals surface area contributed by atoms with Crippen LogP contribution in [0.2, 0.25) is 0 Å². The molecule has 0 saturated heterocycles. The fraction of sp³-hybridized carbons (Fsp3) is 0.571. The number of fused-ring (bicyclic) bond motifs is 1. The highest BCUT2D eigenvalue weighted by Gasteiger charge is 2.20. The number of guanidine groups is 1. The maximum atomic E-state index is 4.28. The molecule has 0 atom stereocenters. The van der Waals surface area contributed by atoms with Gasteiger partial charge in [0.25, 0.3) is 0 Å². The van der Waals surface area contributed by atoms with Crippen molar-refractivity contribution in [2.75, 3.05) is 32.0 Å². The number of aryl methyl sites for hydroxylation is 1. The van der Waals surface area contributed by atoms with Gasteiger partial charge in [0, 0.05) is 33.7 Å². The number of hydrogen-bond acceptors (Lipinski definition) is 5. The van der Waals surface area contributed by atoms with Crippen LogP contribution in [-0.2, 0) is 7.05 Å². The van der Waals surface area contributed by atoms with E-state index in [-0.39, 0.29) is 0 Å². The van der Waals surface area contributed by atoms with Crippen LogP contribution in [0.25, 0.3) is 11.0 Å². The molecule has 1 saturated carbocycles. The monoisotopic (exact) mass is 302 g/mol. The van der Waals surface area contributed by atoms with Crippen molar-refractivity contribution in [3.63, 3.8) is 0 Å². The molecule has 0 spiro atoms. The summed E-state index contributed by atoms with van der Waals surface area (Å²) in [4.78, 5) is 12.7. The molecular weight excluding hydrogens is 280 g/mol. The summed E-state index contributed by atoms with van der Waals surface area (Å²) < 4.78 is 1.74. The minimum atomic E-state index is 0.741. The zero-order chi connectivity index (χ0) is 15.4. The van der Waals surface area contributed by atoms with Gasteiger partial charge < -0.3 is 16.0 Å². The van der Waals surface area contributed by atoms with Gasteiger partial charge in [0.2, 0.25) is 0 Å². The molecule has 118 valence electrons. The van der Waals surface area contributed by atoms with E-state index in [1.807, 2.05) is 7.05 Å². The predicted octanol–water partition coefficient (Wildman–Crippen LogP) is 0.350. The molecule has 1 aliphatic carbocycles. The van der Waals surface area contributed by atoms with Crippen molar-refractivity contribution in [1.82, 2.24) is 30.4 Å². The topological polar surface area (TPSA) is 92.1 Å². The first-order chi connectivity index (χ1) is 10.8. The van der Waals surface area contributed by atoms with Crippen LogP contribution in [0.1, 0.15) is 12.8 Å². The molecule has 0 bridgehead atoms. The molecule has 0 amide bonds. The van der Waals surface area contributed by atoms with Crippen LogP contribution in [0.5, 0.6) is 0 Å². The van der Waals surface area contributed by atoms with Gasteiger partial charge in [-0.2, -0.15) is 5.10 Å². The molecule has 8 heteroatoms. The first kappa shape index (κ1) is 14.6. The van der Waals surface area contributed by atoms with Gasteiger partial charge in [0.05, 0.1) is 11.6 Å². The van der Waals surface area contributed by atoms with E-state index in [0.717, 1.165) is 48.4 Å². The second-order valence-electron chi connectivity index (χ2n) is 5.48. The van der Waals surface area contributed by atoms with Crippen molar-refractivity contribution in [3.05, 3.63) is 12.5 Å². The lowest BCUT2D eigenvalue weighted by atomic mass is 10.4. The van der Waals surface area contributed by atoms with Crippen LogP contribution in [0.4, 0.5) is 5.82 Å². The average molecular weight is 302 g/mol. The summed E-state index contributed by atoms with van der Waals surface area (Å²) >= 11 is 0. The molecule has 22 heavy (non-hydrogen) atoms. The van der Waals surface area contributed by atoms with Crippen molar-refractivity contribution >= 4 is 22.8 Å². The first-order valence-corrected chi connectivity index (χ1v) is 7.59. The van der Waals surface area contributed by atoms with Crippen LogP contribution in [-0.4, -0.2) is 52.4 Å². The fourth-order valence-corrected chi connectivity index (χ4v) is 2.25. The highest BCUT2D eigenvalue weighted by Crippen LogP contribution is 2.27. The van der Waals surface area contributed by atoms with Crippen LogP contribution >= 0.6 is 0 Å². The lowest BCUT2D eigenvalue weighted by Gasteiger charge is -2.12. The highest BCUT2D eigenvalue weighted by molar-refractivity contribution is 5.86. The minimum Gasteiger partial charge on any atom is -0.368 e. The molecular formula is C14H22N8. The summed E-state index contributed by atoms with van der Waals surface area (Å²) in [6.07, 6.45) is 6.00. The van der Waals surface area contributed by atoms with Gasteiger partial charge in [0.15, 0.2) is 11.6 Å². The summed E-state index contributed by atoms with van der Waals surface area (Å²) in [6, 6.07) is 0. The summed E-state index contributed by atoms with van der Waals surface area (Å²) in [7, 11) is 3.66. The van der Waals surface area contributed by atoms with Crippen molar-refractivity contribution in [3.8, 4) is 0 Å². The van der Waals surface area contributed by atoms with E-state index in [1.165, 1.54) is 12.8 Å². The van der Waals surface area contributed by atoms with Gasteiger partial charge in [0.1, 0.15) is 12.1 Å². The third-order valence-electron chi connectivity index (χ3n) is 3.72. The molecule has 0 aromatic carbocycles. The van der Waals surface area contributed by atoms with E-state index in [1.54, 1.807) is 24.3 Å². The van der Waals surface area contributed by atoms with Crippen molar-refractivity contribution < 1.29 is 0 Å². The Morgan fingerprint density at radius 3 is 2.95 bits per heavy atom. The van der Waals surface area contributed by atoms with E-state index in [4.69, 9.17) is 0 Å². The highest BCUT2D eigenvalue weighted by atomic mass is 15.3. The zero-order valence-corrected chi connectivity index (χ0v) is 13.0. The van der Waals surface area contributed by atoms with Crippen LogP contribution in [0.15, 0.2) is 17.5 Å². The molecule has 2 aromatic rings. The van der Waals surface area contributed by atoms with E-state index in [2.05, 4.69) is 36.0 Å². The summed E-state index contributed by atoms with van der Waals surface area (Å²) in [5.74, 6) is 2.49. The molecule has 0 radical (unpaired) electrons. The van der Waals surface area contributed by atoms with Gasteiger partial charge in [-0.15, -0.1) is 0 Å². The molecule has 0 unspecified atom stereocenters. The van der Waals surface area contributed by atoms with Crippen LogP contribution in [0, 0.1) is 5.92 Å². The second-order valence-corrected chi connectivity index (χ2v) is 5.48. The normalized spacial score (nSPS) is 15.1. The Morgan fingerprint density at radius 2 is 2.18 bits per heavy atom. The molecule has 0 aliphatic heterocycles. The maximum absolute atomic E-state index is 4.28. The molecule has 2 heterocycles. The third-order valence-corrected chi connectivity index (χ3v) is 3.72. The lowest BCUT2D eigenvalue weighted by molar-refractivity contribution is 0.740. The quantitative estimate of drug-likeness (QED) is 0.405. The van der Waals surface area contributed by atoms with E-state index >= 15 is 0 Å². The number of nitrogens with one attached hydrogen (secondary N) is 3. The number of nitrogens with zero attached hydrogens (tertiary/aromatic N) is 5. The summed E-state index contributed by atoms with van der Waals surface area (Å²) in [5, 5.41) is 15.1. The molecule has 1 aliphatic rings. The van der Waals surface area contributed by atoms with Gasteiger partial charge in [-0.05, 0) is 18.8 Å². The Morgan fingerprint density at radius 1 is 1.32 bits per heavy atom. The number of anilines is 1. The van der Waals surface area contributed by atoms with Gasteiger partial charge in [-0.25, -0.2) is 9.97 Å². The first-order valence-electron chi connectivity index (χ1n) is 7.59. The zero-order valence-electron chi connectivity index (χ0n) is 13.0. The van der Waals surface area contributed by atoms with Crippen LogP contribution in [0.3, 0.4) is 0 Å². The van der Waals surface area contributed by atoms with Crippen molar-refractivity contribution in [1.29, 1.82) is 0 Å². The minimum absolute atomic E-state index is 0.741. The molecule has 2 aromatic heterocycles. The standard InChI is InChI=1S/C14H22N8/c1-15-14(18-7-10-3-4-10)17-6-5-16-12-11-8-21-22(2)13(11)20-9-19-12/h8-10H,3-7H2,1-2H3,(H2,15,17,18)(H,16,19,20). The van der Waals surface area contributed by atoms with Crippen molar-refractivity contribution in [2.24, 2.45) is 18.0 Å². The molecule has 3 N–H and O–H groups in total. The van der Waals surface area contributed by atoms with E-state index in [0.29, 0.717) is 0 Å². The number of rotatable bonds is 6. The molecule has 3 rings (SSSR count). The Bertz CT molecular complexity index is 658. The van der Waals surface area contributed by atoms with E-state index in [9.17, 15) is 0 Å². The Hall–Kier alpha value is -2.38. The number of aromatic nitrogens is 4. The van der Waals surface area contributed by atoms with Crippen molar-refractivity contribution in [2.45, 2.75) is 12.8 Å². The van der Waals surface area contributed by atoms with Gasteiger partial charge >= 0.3 is 0 Å². The Kier molecular flexibility index (Phi) is 4.36. The fourth-order valence-electron chi connectivity index (χ4n) is 2.25. The molecule has 1 fully saturated rings. The summed E-state index contributed by atoms with van der Waals surface area (Å²) in [6.45, 7) is 2.51. The van der Waals surface area contributed by atoms with Crippen LogP contribution < -0.4 is 16.0 Å². The largest absolute Gasteiger partial charge is 0.368 e.